The van der Waals surface area contributed by atoms with Gasteiger partial charge >= 0.3 is 6.03 Å². The molecule has 1 heterocycles. The summed E-state index contributed by atoms with van der Waals surface area (Å²) in [6.07, 6.45) is 0.736. The number of rotatable bonds is 4. The highest BCUT2D eigenvalue weighted by atomic mass is 32.2. The Balaban J connectivity index is 1.47. The van der Waals surface area contributed by atoms with E-state index in [1.165, 1.54) is 6.07 Å². The van der Waals surface area contributed by atoms with Gasteiger partial charge in [0.1, 0.15) is 5.82 Å². The number of thioether (sulfide) groups is 1. The monoisotopic (exact) mass is 420 g/mol. The molecule has 3 aromatic carbocycles. The topological polar surface area (TPSA) is 32.3 Å². The van der Waals surface area contributed by atoms with Crippen LogP contribution in [-0.2, 0) is 0 Å². The van der Waals surface area contributed by atoms with Gasteiger partial charge in [0.25, 0.3) is 0 Å². The van der Waals surface area contributed by atoms with Crippen LogP contribution in [0.2, 0.25) is 0 Å². The maximum atomic E-state index is 14.2. The number of amides is 2. The van der Waals surface area contributed by atoms with Gasteiger partial charge in [-0.15, -0.1) is 0 Å². The standard InChI is InChI=1S/C25H25FN2OS/c26-22-14-8-7-13-21(22)23-15-16-28(17-18-30-23)25(29)27-24(19-9-3-1-4-10-19)20-11-5-2-6-12-20/h1-14,23-24H,15-18H2,(H,27,29). The van der Waals surface area contributed by atoms with Gasteiger partial charge in [0.05, 0.1) is 6.04 Å². The molecule has 4 rings (SSSR count). The van der Waals surface area contributed by atoms with E-state index in [1.54, 1.807) is 17.8 Å². The molecule has 1 atom stereocenters. The Morgan fingerprint density at radius 1 is 0.900 bits per heavy atom. The molecular weight excluding hydrogens is 395 g/mol. The Kier molecular flexibility index (Phi) is 6.70. The molecule has 1 aliphatic heterocycles. The maximum absolute atomic E-state index is 14.2. The molecule has 3 aromatic rings. The third-order valence-corrected chi connectivity index (χ3v) is 6.72. The van der Waals surface area contributed by atoms with Gasteiger partial charge in [-0.1, -0.05) is 78.9 Å². The number of urea groups is 1. The van der Waals surface area contributed by atoms with Crippen LogP contribution in [-0.4, -0.2) is 29.8 Å². The summed E-state index contributed by atoms with van der Waals surface area (Å²) in [7, 11) is 0. The van der Waals surface area contributed by atoms with E-state index in [-0.39, 0.29) is 23.1 Å². The van der Waals surface area contributed by atoms with Crippen molar-refractivity contribution in [2.24, 2.45) is 0 Å². The third-order valence-electron chi connectivity index (χ3n) is 5.41. The van der Waals surface area contributed by atoms with Crippen LogP contribution in [0.3, 0.4) is 0 Å². The number of carbonyl (C=O) groups is 1. The number of benzene rings is 3. The van der Waals surface area contributed by atoms with Gasteiger partial charge in [-0.3, -0.25) is 0 Å². The molecule has 1 N–H and O–H groups in total. The molecule has 1 saturated heterocycles. The third kappa shape index (κ3) is 4.85. The SMILES string of the molecule is O=C(NC(c1ccccc1)c1ccccc1)N1CCSC(c2ccccc2F)CC1. The molecule has 0 aromatic heterocycles. The van der Waals surface area contributed by atoms with Crippen LogP contribution < -0.4 is 5.32 Å². The highest BCUT2D eigenvalue weighted by molar-refractivity contribution is 7.99. The highest BCUT2D eigenvalue weighted by Crippen LogP contribution is 2.35. The molecule has 2 amide bonds. The lowest BCUT2D eigenvalue weighted by atomic mass is 9.99. The molecule has 0 spiro atoms. The van der Waals surface area contributed by atoms with Crippen molar-refractivity contribution in [1.82, 2.24) is 10.2 Å². The second-order valence-electron chi connectivity index (χ2n) is 7.36. The normalized spacial score (nSPS) is 16.9. The molecule has 3 nitrogen and oxygen atoms in total. The zero-order valence-corrected chi connectivity index (χ0v) is 17.5. The lowest BCUT2D eigenvalue weighted by molar-refractivity contribution is 0.198. The first kappa shape index (κ1) is 20.5. The molecule has 1 unspecified atom stereocenters. The van der Waals surface area contributed by atoms with Gasteiger partial charge in [0.15, 0.2) is 0 Å². The van der Waals surface area contributed by atoms with E-state index < -0.39 is 0 Å². The Hall–Kier alpha value is -2.79. The van der Waals surface area contributed by atoms with Gasteiger partial charge in [0, 0.05) is 29.7 Å². The average molecular weight is 421 g/mol. The Morgan fingerprint density at radius 2 is 1.50 bits per heavy atom. The van der Waals surface area contributed by atoms with Crippen molar-refractivity contribution in [2.45, 2.75) is 17.7 Å². The zero-order valence-electron chi connectivity index (χ0n) is 16.7. The van der Waals surface area contributed by atoms with Crippen LogP contribution in [0.15, 0.2) is 84.9 Å². The molecule has 30 heavy (non-hydrogen) atoms. The van der Waals surface area contributed by atoms with Crippen molar-refractivity contribution in [2.75, 3.05) is 18.8 Å². The van der Waals surface area contributed by atoms with E-state index in [9.17, 15) is 9.18 Å². The molecular formula is C25H25FN2OS. The van der Waals surface area contributed by atoms with E-state index >= 15 is 0 Å². The number of nitrogens with one attached hydrogen (secondary N) is 1. The fourth-order valence-electron chi connectivity index (χ4n) is 3.82. The van der Waals surface area contributed by atoms with Gasteiger partial charge in [0.2, 0.25) is 0 Å². The fraction of sp³-hybridized carbons (Fsp3) is 0.240. The van der Waals surface area contributed by atoms with Crippen LogP contribution in [0.4, 0.5) is 9.18 Å². The van der Waals surface area contributed by atoms with Crippen LogP contribution >= 0.6 is 11.8 Å². The van der Waals surface area contributed by atoms with E-state index in [1.807, 2.05) is 77.7 Å². The zero-order chi connectivity index (χ0) is 20.8. The Morgan fingerprint density at radius 3 is 2.13 bits per heavy atom. The summed E-state index contributed by atoms with van der Waals surface area (Å²) in [6, 6.07) is 26.7. The second kappa shape index (κ2) is 9.81. The predicted molar refractivity (Wildman–Crippen MR) is 121 cm³/mol. The van der Waals surface area contributed by atoms with Crippen molar-refractivity contribution in [3.8, 4) is 0 Å². The van der Waals surface area contributed by atoms with Crippen molar-refractivity contribution in [1.29, 1.82) is 0 Å². The van der Waals surface area contributed by atoms with Crippen molar-refractivity contribution < 1.29 is 9.18 Å². The smallest absolute Gasteiger partial charge is 0.318 e. The first-order chi connectivity index (χ1) is 14.7. The highest BCUT2D eigenvalue weighted by Gasteiger charge is 2.25. The number of nitrogens with zero attached hydrogens (tertiary/aromatic N) is 1. The van der Waals surface area contributed by atoms with Crippen molar-refractivity contribution in [3.63, 3.8) is 0 Å². The predicted octanol–water partition coefficient (Wildman–Crippen LogP) is 5.80. The van der Waals surface area contributed by atoms with E-state index in [0.717, 1.165) is 28.9 Å². The summed E-state index contributed by atoms with van der Waals surface area (Å²) in [5, 5.41) is 3.29. The van der Waals surface area contributed by atoms with Gasteiger partial charge in [-0.25, -0.2) is 9.18 Å². The lowest BCUT2D eigenvalue weighted by Gasteiger charge is -2.26. The first-order valence-electron chi connectivity index (χ1n) is 10.2. The van der Waals surface area contributed by atoms with Gasteiger partial charge in [-0.05, 0) is 23.6 Å². The van der Waals surface area contributed by atoms with Crippen LogP contribution in [0, 0.1) is 5.82 Å². The summed E-state index contributed by atoms with van der Waals surface area (Å²) in [5.41, 5.74) is 2.83. The molecule has 154 valence electrons. The second-order valence-corrected chi connectivity index (χ2v) is 8.67. The summed E-state index contributed by atoms with van der Waals surface area (Å²) in [5.74, 6) is 0.620. The maximum Gasteiger partial charge on any atom is 0.318 e. The number of carbonyl (C=O) groups excluding carboxylic acids is 1. The number of halogens is 1. The average Bonchev–Trinajstić information content (AvgIpc) is 3.05. The quantitative estimate of drug-likeness (QED) is 0.578. The number of hydrogen-bond donors (Lipinski definition) is 1. The minimum Gasteiger partial charge on any atom is -0.327 e. The molecule has 1 fully saturated rings. The van der Waals surface area contributed by atoms with Crippen LogP contribution in [0.25, 0.3) is 0 Å². The summed E-state index contributed by atoms with van der Waals surface area (Å²) >= 11 is 1.72. The molecule has 0 aliphatic carbocycles. The summed E-state index contributed by atoms with van der Waals surface area (Å²) in [4.78, 5) is 15.0. The van der Waals surface area contributed by atoms with Crippen LogP contribution in [0.5, 0.6) is 0 Å². The minimum atomic E-state index is -0.210. The van der Waals surface area contributed by atoms with E-state index in [4.69, 9.17) is 0 Å². The first-order valence-corrected chi connectivity index (χ1v) is 11.3. The Labute approximate surface area is 181 Å². The Bertz CT molecular complexity index is 928. The van der Waals surface area contributed by atoms with E-state index in [2.05, 4.69) is 5.32 Å². The fourth-order valence-corrected chi connectivity index (χ4v) is 5.08. The molecule has 5 heteroatoms. The molecule has 1 aliphatic rings. The largest absolute Gasteiger partial charge is 0.327 e. The molecule has 0 radical (unpaired) electrons. The summed E-state index contributed by atoms with van der Waals surface area (Å²) < 4.78 is 14.2. The molecule has 0 bridgehead atoms. The summed E-state index contributed by atoms with van der Waals surface area (Å²) in [6.45, 7) is 1.26. The lowest BCUT2D eigenvalue weighted by Crippen LogP contribution is -2.43. The van der Waals surface area contributed by atoms with Crippen LogP contribution in [0.1, 0.15) is 34.4 Å². The minimum absolute atomic E-state index is 0.0723. The molecule has 0 saturated carbocycles. The van der Waals surface area contributed by atoms with Crippen molar-refractivity contribution >= 4 is 17.8 Å². The van der Waals surface area contributed by atoms with Gasteiger partial charge in [-0.2, -0.15) is 11.8 Å². The van der Waals surface area contributed by atoms with Gasteiger partial charge < -0.3 is 10.2 Å². The van der Waals surface area contributed by atoms with E-state index in [0.29, 0.717) is 13.1 Å². The number of hydrogen-bond acceptors (Lipinski definition) is 2. The van der Waals surface area contributed by atoms with Crippen molar-refractivity contribution in [3.05, 3.63) is 107 Å².